The van der Waals surface area contributed by atoms with Gasteiger partial charge in [0.05, 0.1) is 6.54 Å². The molecule has 4 N–H and O–H groups in total. The highest BCUT2D eigenvalue weighted by Gasteiger charge is 2.11. The molecule has 6 nitrogen and oxygen atoms in total. The summed E-state index contributed by atoms with van der Waals surface area (Å²) in [7, 11) is 0. The van der Waals surface area contributed by atoms with E-state index in [4.69, 9.17) is 11.5 Å². The summed E-state index contributed by atoms with van der Waals surface area (Å²) in [6, 6.07) is 11.4. The molecule has 0 aliphatic carbocycles. The highest BCUT2D eigenvalue weighted by Crippen LogP contribution is 2.23. The molecule has 0 radical (unpaired) electrons. The maximum absolute atomic E-state index is 13.2. The third-order valence-electron chi connectivity index (χ3n) is 2.99. The highest BCUT2D eigenvalue weighted by molar-refractivity contribution is 5.67. The zero-order chi connectivity index (χ0) is 14.8. The molecule has 0 saturated carbocycles. The predicted molar refractivity (Wildman–Crippen MR) is 77.6 cm³/mol. The van der Waals surface area contributed by atoms with Gasteiger partial charge in [0.25, 0.3) is 0 Å². The second kappa shape index (κ2) is 5.20. The Morgan fingerprint density at radius 3 is 2.52 bits per heavy atom. The fraction of sp³-hybridized carbons (Fsp3) is 0.0714. The Bertz CT molecular complexity index is 762. The molecule has 0 bridgehead atoms. The van der Waals surface area contributed by atoms with Crippen molar-refractivity contribution in [2.45, 2.75) is 6.54 Å². The zero-order valence-electron chi connectivity index (χ0n) is 11.1. The Morgan fingerprint density at radius 2 is 1.81 bits per heavy atom. The number of nitrogens with two attached hydrogens (primary N) is 2. The molecule has 0 saturated heterocycles. The van der Waals surface area contributed by atoms with Gasteiger partial charge in [-0.2, -0.15) is 0 Å². The fourth-order valence-corrected chi connectivity index (χ4v) is 2.13. The monoisotopic (exact) mass is 284 g/mol. The lowest BCUT2D eigenvalue weighted by Crippen LogP contribution is -2.05. The zero-order valence-corrected chi connectivity index (χ0v) is 11.1. The number of anilines is 2. The Hall–Kier alpha value is -2.96. The van der Waals surface area contributed by atoms with Crippen molar-refractivity contribution in [3.63, 3.8) is 0 Å². The topological polar surface area (TPSA) is 95.6 Å². The second-order valence-electron chi connectivity index (χ2n) is 4.68. The van der Waals surface area contributed by atoms with E-state index in [1.54, 1.807) is 28.9 Å². The van der Waals surface area contributed by atoms with Gasteiger partial charge in [0.2, 0.25) is 0 Å². The summed E-state index contributed by atoms with van der Waals surface area (Å²) in [5.41, 5.74) is 14.1. The molecular formula is C14H13FN6. The van der Waals surface area contributed by atoms with E-state index < -0.39 is 0 Å². The van der Waals surface area contributed by atoms with Gasteiger partial charge in [-0.05, 0) is 46.3 Å². The largest absolute Gasteiger partial charge is 0.399 e. The minimum Gasteiger partial charge on any atom is -0.399 e. The number of nitrogen functional groups attached to an aromatic ring is 2. The van der Waals surface area contributed by atoms with Crippen LogP contribution in [0.1, 0.15) is 5.56 Å². The fourth-order valence-electron chi connectivity index (χ4n) is 2.13. The third-order valence-corrected chi connectivity index (χ3v) is 2.99. The molecule has 1 aromatic heterocycles. The SMILES string of the molecule is Nc1cc(N)cc(-c2nnnn2Cc2cccc(F)c2)c1. The van der Waals surface area contributed by atoms with E-state index in [1.165, 1.54) is 12.1 Å². The Kier molecular flexibility index (Phi) is 3.23. The number of aromatic nitrogens is 4. The Morgan fingerprint density at radius 1 is 1.05 bits per heavy atom. The van der Waals surface area contributed by atoms with Crippen LogP contribution in [0, 0.1) is 5.82 Å². The number of hydrogen-bond donors (Lipinski definition) is 2. The summed E-state index contributed by atoms with van der Waals surface area (Å²) in [5, 5.41) is 11.6. The van der Waals surface area contributed by atoms with Crippen molar-refractivity contribution in [3.8, 4) is 11.4 Å². The minimum atomic E-state index is -0.296. The van der Waals surface area contributed by atoms with E-state index in [-0.39, 0.29) is 5.82 Å². The number of halogens is 1. The van der Waals surface area contributed by atoms with Crippen LogP contribution in [0.25, 0.3) is 11.4 Å². The minimum absolute atomic E-state index is 0.296. The molecule has 3 rings (SSSR count). The van der Waals surface area contributed by atoms with E-state index in [0.717, 1.165) is 5.56 Å². The molecule has 0 unspecified atom stereocenters. The molecule has 0 amide bonds. The van der Waals surface area contributed by atoms with Crippen LogP contribution in [0.3, 0.4) is 0 Å². The van der Waals surface area contributed by atoms with Crippen LogP contribution < -0.4 is 11.5 Å². The molecule has 106 valence electrons. The number of benzene rings is 2. The summed E-state index contributed by atoms with van der Waals surface area (Å²) in [4.78, 5) is 0. The Labute approximate surface area is 120 Å². The van der Waals surface area contributed by atoms with E-state index in [0.29, 0.717) is 29.3 Å². The van der Waals surface area contributed by atoms with E-state index in [9.17, 15) is 4.39 Å². The van der Waals surface area contributed by atoms with Gasteiger partial charge in [-0.25, -0.2) is 9.07 Å². The lowest BCUT2D eigenvalue weighted by atomic mass is 10.1. The van der Waals surface area contributed by atoms with Gasteiger partial charge in [0.1, 0.15) is 5.82 Å². The summed E-state index contributed by atoms with van der Waals surface area (Å²) >= 11 is 0. The first-order valence-electron chi connectivity index (χ1n) is 6.29. The van der Waals surface area contributed by atoms with Crippen LogP contribution in [0.4, 0.5) is 15.8 Å². The average molecular weight is 284 g/mol. The van der Waals surface area contributed by atoms with Gasteiger partial charge in [-0.1, -0.05) is 12.1 Å². The first kappa shape index (κ1) is 13.0. The third kappa shape index (κ3) is 2.81. The second-order valence-corrected chi connectivity index (χ2v) is 4.68. The van der Waals surface area contributed by atoms with Gasteiger partial charge < -0.3 is 11.5 Å². The smallest absolute Gasteiger partial charge is 0.182 e. The number of hydrogen-bond acceptors (Lipinski definition) is 5. The maximum Gasteiger partial charge on any atom is 0.182 e. The van der Waals surface area contributed by atoms with Crippen LogP contribution >= 0.6 is 0 Å². The van der Waals surface area contributed by atoms with E-state index in [1.807, 2.05) is 6.07 Å². The average Bonchev–Trinajstić information content (AvgIpc) is 2.85. The summed E-state index contributed by atoms with van der Waals surface area (Å²) in [6.45, 7) is 0.356. The van der Waals surface area contributed by atoms with Crippen molar-refractivity contribution in [2.24, 2.45) is 0 Å². The molecule has 1 heterocycles. The van der Waals surface area contributed by atoms with Crippen LogP contribution in [0.15, 0.2) is 42.5 Å². The molecular weight excluding hydrogens is 271 g/mol. The molecule has 0 aliphatic rings. The van der Waals surface area contributed by atoms with Gasteiger partial charge in [0, 0.05) is 16.9 Å². The molecule has 3 aromatic rings. The molecule has 0 atom stereocenters. The normalized spacial score (nSPS) is 10.7. The molecule has 0 spiro atoms. The van der Waals surface area contributed by atoms with Crippen molar-refractivity contribution in [1.82, 2.24) is 20.2 Å². The van der Waals surface area contributed by atoms with Crippen molar-refractivity contribution >= 4 is 11.4 Å². The van der Waals surface area contributed by atoms with Crippen LogP contribution in [0.2, 0.25) is 0 Å². The van der Waals surface area contributed by atoms with Crippen LogP contribution in [-0.2, 0) is 6.54 Å². The predicted octanol–water partition coefficient (Wildman–Crippen LogP) is 1.69. The summed E-state index contributed by atoms with van der Waals surface area (Å²) in [5.74, 6) is 0.230. The first-order chi connectivity index (χ1) is 10.1. The van der Waals surface area contributed by atoms with Crippen LogP contribution in [-0.4, -0.2) is 20.2 Å². The van der Waals surface area contributed by atoms with Crippen molar-refractivity contribution in [3.05, 3.63) is 53.8 Å². The number of rotatable bonds is 3. The highest BCUT2D eigenvalue weighted by atomic mass is 19.1. The van der Waals surface area contributed by atoms with Crippen LogP contribution in [0.5, 0.6) is 0 Å². The van der Waals surface area contributed by atoms with E-state index >= 15 is 0 Å². The van der Waals surface area contributed by atoms with E-state index in [2.05, 4.69) is 15.5 Å². The van der Waals surface area contributed by atoms with Crippen molar-refractivity contribution < 1.29 is 4.39 Å². The summed E-state index contributed by atoms with van der Waals surface area (Å²) < 4.78 is 14.8. The lowest BCUT2D eigenvalue weighted by molar-refractivity contribution is 0.615. The first-order valence-corrected chi connectivity index (χ1v) is 6.29. The van der Waals surface area contributed by atoms with Gasteiger partial charge in [-0.3, -0.25) is 0 Å². The number of nitrogens with zero attached hydrogens (tertiary/aromatic N) is 4. The molecule has 2 aromatic carbocycles. The van der Waals surface area contributed by atoms with Gasteiger partial charge in [-0.15, -0.1) is 5.10 Å². The molecule has 0 aliphatic heterocycles. The Balaban J connectivity index is 1.97. The van der Waals surface area contributed by atoms with Crippen molar-refractivity contribution in [1.29, 1.82) is 0 Å². The number of tetrazole rings is 1. The van der Waals surface area contributed by atoms with Crippen molar-refractivity contribution in [2.75, 3.05) is 11.5 Å². The van der Waals surface area contributed by atoms with Gasteiger partial charge >= 0.3 is 0 Å². The quantitative estimate of drug-likeness (QED) is 0.713. The molecule has 7 heteroatoms. The maximum atomic E-state index is 13.2. The van der Waals surface area contributed by atoms with Gasteiger partial charge in [0.15, 0.2) is 5.82 Å². The lowest BCUT2D eigenvalue weighted by Gasteiger charge is -2.06. The standard InChI is InChI=1S/C14H13FN6/c15-11-3-1-2-9(4-11)8-21-14(18-19-20-21)10-5-12(16)7-13(17)6-10/h1-7H,8,16-17H2. The molecule has 21 heavy (non-hydrogen) atoms. The summed E-state index contributed by atoms with van der Waals surface area (Å²) in [6.07, 6.45) is 0. The molecule has 0 fully saturated rings.